The van der Waals surface area contributed by atoms with Gasteiger partial charge in [-0.15, -0.1) is 0 Å². The molecule has 3 rings (SSSR count). The van der Waals surface area contributed by atoms with E-state index in [1.807, 2.05) is 54.6 Å². The first kappa shape index (κ1) is 17.5. The van der Waals surface area contributed by atoms with Crippen molar-refractivity contribution in [3.8, 4) is 5.75 Å². The fourth-order valence-corrected chi connectivity index (χ4v) is 2.37. The first-order valence-electron chi connectivity index (χ1n) is 8.13. The topological polar surface area (TPSA) is 73.9 Å². The molecule has 2 aromatic carbocycles. The number of rotatable bonds is 5. The highest BCUT2D eigenvalue weighted by atomic mass is 16.7. The minimum atomic E-state index is -1.25. The van der Waals surface area contributed by atoms with E-state index in [1.54, 1.807) is 0 Å². The number of anilines is 1. The molecule has 0 spiro atoms. The van der Waals surface area contributed by atoms with Crippen LogP contribution in [-0.4, -0.2) is 17.7 Å². The summed E-state index contributed by atoms with van der Waals surface area (Å²) in [5, 5.41) is 2.92. The lowest BCUT2D eigenvalue weighted by Crippen LogP contribution is -2.42. The summed E-state index contributed by atoms with van der Waals surface area (Å²) in [5.74, 6) is -1.91. The van der Waals surface area contributed by atoms with E-state index in [0.717, 1.165) is 11.3 Å². The number of cyclic esters (lactones) is 2. The maximum Gasteiger partial charge on any atom is 0.350 e. The minimum absolute atomic E-state index is 0.185. The van der Waals surface area contributed by atoms with Crippen molar-refractivity contribution < 1.29 is 23.8 Å². The predicted molar refractivity (Wildman–Crippen MR) is 95.2 cm³/mol. The molecule has 26 heavy (non-hydrogen) atoms. The molecule has 0 saturated carbocycles. The van der Waals surface area contributed by atoms with Crippen molar-refractivity contribution in [1.29, 1.82) is 0 Å². The fourth-order valence-electron chi connectivity index (χ4n) is 2.37. The van der Waals surface area contributed by atoms with Crippen LogP contribution in [0.2, 0.25) is 0 Å². The molecule has 1 N–H and O–H groups in total. The Morgan fingerprint density at radius 3 is 2.38 bits per heavy atom. The van der Waals surface area contributed by atoms with Crippen LogP contribution in [0.4, 0.5) is 5.69 Å². The van der Waals surface area contributed by atoms with Gasteiger partial charge >= 0.3 is 11.9 Å². The third-order valence-electron chi connectivity index (χ3n) is 3.58. The van der Waals surface area contributed by atoms with Crippen molar-refractivity contribution in [3.63, 3.8) is 0 Å². The molecule has 1 heterocycles. The molecule has 6 heteroatoms. The zero-order valence-electron chi connectivity index (χ0n) is 14.5. The van der Waals surface area contributed by atoms with Crippen LogP contribution in [0.1, 0.15) is 19.4 Å². The molecule has 0 atom stereocenters. The molecular formula is C20H19NO5. The van der Waals surface area contributed by atoms with E-state index < -0.39 is 17.7 Å². The van der Waals surface area contributed by atoms with Gasteiger partial charge in [0.05, 0.1) is 0 Å². The monoisotopic (exact) mass is 353 g/mol. The summed E-state index contributed by atoms with van der Waals surface area (Å²) in [6.45, 7) is 3.40. The van der Waals surface area contributed by atoms with Gasteiger partial charge in [0.1, 0.15) is 12.4 Å². The summed E-state index contributed by atoms with van der Waals surface area (Å²) in [4.78, 5) is 23.8. The number of nitrogens with one attached hydrogen (secondary N) is 1. The minimum Gasteiger partial charge on any atom is -0.489 e. The SMILES string of the molecule is CC1(C)OC(=O)C(=CNc2cccc(COc3ccccc3)c2)C(=O)O1. The fraction of sp³-hybridized carbons (Fsp3) is 0.200. The van der Waals surface area contributed by atoms with E-state index in [1.165, 1.54) is 20.0 Å². The summed E-state index contributed by atoms with van der Waals surface area (Å²) in [6.07, 6.45) is 1.29. The number of ether oxygens (including phenoxy) is 3. The Morgan fingerprint density at radius 2 is 1.69 bits per heavy atom. The average molecular weight is 353 g/mol. The molecule has 0 amide bonds. The van der Waals surface area contributed by atoms with E-state index in [0.29, 0.717) is 12.3 Å². The van der Waals surface area contributed by atoms with Crippen molar-refractivity contribution in [2.45, 2.75) is 26.2 Å². The van der Waals surface area contributed by atoms with Crippen LogP contribution in [0.5, 0.6) is 5.75 Å². The third-order valence-corrected chi connectivity index (χ3v) is 3.58. The number of hydrogen-bond acceptors (Lipinski definition) is 6. The van der Waals surface area contributed by atoms with Gasteiger partial charge in [-0.1, -0.05) is 30.3 Å². The van der Waals surface area contributed by atoms with Gasteiger partial charge < -0.3 is 19.5 Å². The molecule has 0 aromatic heterocycles. The Morgan fingerprint density at radius 1 is 1.00 bits per heavy atom. The molecule has 1 aliphatic heterocycles. The Kier molecular flexibility index (Phi) is 4.93. The van der Waals surface area contributed by atoms with Crippen molar-refractivity contribution in [3.05, 3.63) is 71.9 Å². The first-order chi connectivity index (χ1) is 12.4. The molecule has 1 aliphatic rings. The van der Waals surface area contributed by atoms with E-state index in [2.05, 4.69) is 5.32 Å². The Balaban J connectivity index is 1.65. The zero-order valence-corrected chi connectivity index (χ0v) is 14.5. The smallest absolute Gasteiger partial charge is 0.350 e. The van der Waals surface area contributed by atoms with Crippen LogP contribution in [0.25, 0.3) is 0 Å². The van der Waals surface area contributed by atoms with Crippen LogP contribution in [-0.2, 0) is 25.7 Å². The van der Waals surface area contributed by atoms with Gasteiger partial charge in [-0.3, -0.25) is 0 Å². The molecule has 134 valence electrons. The van der Waals surface area contributed by atoms with Crippen molar-refractivity contribution >= 4 is 17.6 Å². The normalized spacial score (nSPS) is 15.7. The molecule has 1 fully saturated rings. The van der Waals surface area contributed by atoms with Crippen LogP contribution in [0.15, 0.2) is 66.4 Å². The molecule has 2 aromatic rings. The van der Waals surface area contributed by atoms with Gasteiger partial charge in [0.2, 0.25) is 0 Å². The Labute approximate surface area is 151 Å². The van der Waals surface area contributed by atoms with Gasteiger partial charge in [0, 0.05) is 25.7 Å². The van der Waals surface area contributed by atoms with Gasteiger partial charge in [-0.05, 0) is 29.8 Å². The molecule has 0 radical (unpaired) electrons. The predicted octanol–water partition coefficient (Wildman–Crippen LogP) is 3.40. The van der Waals surface area contributed by atoms with Gasteiger partial charge in [-0.2, -0.15) is 0 Å². The maximum absolute atomic E-state index is 11.9. The molecule has 0 aliphatic carbocycles. The second-order valence-corrected chi connectivity index (χ2v) is 6.18. The van der Waals surface area contributed by atoms with E-state index in [-0.39, 0.29) is 5.57 Å². The maximum atomic E-state index is 11.9. The second-order valence-electron chi connectivity index (χ2n) is 6.18. The Bertz CT molecular complexity index is 820. The summed E-state index contributed by atoms with van der Waals surface area (Å²) >= 11 is 0. The standard InChI is InChI=1S/C20H19NO5/c1-20(2)25-18(22)17(19(23)26-20)12-21-15-8-6-7-14(11-15)13-24-16-9-4-3-5-10-16/h3-12,21H,13H2,1-2H3. The van der Waals surface area contributed by atoms with Crippen molar-refractivity contribution in [2.75, 3.05) is 5.32 Å². The van der Waals surface area contributed by atoms with Gasteiger partial charge in [0.25, 0.3) is 5.79 Å². The lowest BCUT2D eigenvalue weighted by atomic mass is 10.2. The highest BCUT2D eigenvalue weighted by Crippen LogP contribution is 2.23. The molecular weight excluding hydrogens is 334 g/mol. The molecule has 0 unspecified atom stereocenters. The zero-order chi connectivity index (χ0) is 18.6. The van der Waals surface area contributed by atoms with Crippen molar-refractivity contribution in [1.82, 2.24) is 0 Å². The van der Waals surface area contributed by atoms with Gasteiger partial charge in [0.15, 0.2) is 5.57 Å². The summed E-state index contributed by atoms with van der Waals surface area (Å²) in [6, 6.07) is 17.0. The van der Waals surface area contributed by atoms with E-state index >= 15 is 0 Å². The number of carbonyl (C=O) groups excluding carboxylic acids is 2. The summed E-state index contributed by atoms with van der Waals surface area (Å²) < 4.78 is 15.8. The highest BCUT2D eigenvalue weighted by Gasteiger charge is 2.38. The molecule has 6 nitrogen and oxygen atoms in total. The van der Waals surface area contributed by atoms with Crippen molar-refractivity contribution in [2.24, 2.45) is 0 Å². The lowest BCUT2D eigenvalue weighted by molar-refractivity contribution is -0.222. The first-order valence-corrected chi connectivity index (χ1v) is 8.13. The molecule has 0 bridgehead atoms. The van der Waals surface area contributed by atoms with Crippen LogP contribution in [0, 0.1) is 0 Å². The van der Waals surface area contributed by atoms with E-state index in [9.17, 15) is 9.59 Å². The largest absolute Gasteiger partial charge is 0.489 e. The van der Waals surface area contributed by atoms with Crippen LogP contribution >= 0.6 is 0 Å². The quantitative estimate of drug-likeness (QED) is 0.504. The average Bonchev–Trinajstić information content (AvgIpc) is 2.59. The summed E-state index contributed by atoms with van der Waals surface area (Å²) in [7, 11) is 0. The summed E-state index contributed by atoms with van der Waals surface area (Å²) in [5.41, 5.74) is 1.46. The lowest BCUT2D eigenvalue weighted by Gasteiger charge is -2.29. The second kappa shape index (κ2) is 7.31. The number of hydrogen-bond donors (Lipinski definition) is 1. The molecule has 1 saturated heterocycles. The number of benzene rings is 2. The number of esters is 2. The Hall–Kier alpha value is -3.28. The van der Waals surface area contributed by atoms with Crippen LogP contribution < -0.4 is 10.1 Å². The highest BCUT2D eigenvalue weighted by molar-refractivity contribution is 6.15. The van der Waals surface area contributed by atoms with E-state index in [4.69, 9.17) is 14.2 Å². The number of para-hydroxylation sites is 1. The third kappa shape index (κ3) is 4.42. The van der Waals surface area contributed by atoms with Gasteiger partial charge in [-0.25, -0.2) is 9.59 Å². The van der Waals surface area contributed by atoms with Crippen LogP contribution in [0.3, 0.4) is 0 Å². The number of carbonyl (C=O) groups is 2.